The molecule has 4 rings (SSSR count). The first-order valence-electron chi connectivity index (χ1n) is 9.50. The number of benzene rings is 3. The van der Waals surface area contributed by atoms with Crippen LogP contribution in [-0.2, 0) is 0 Å². The second kappa shape index (κ2) is 9.66. The molecule has 0 aliphatic carbocycles. The van der Waals surface area contributed by atoms with E-state index in [0.29, 0.717) is 10.7 Å². The second-order valence-corrected chi connectivity index (χ2v) is 8.16. The van der Waals surface area contributed by atoms with E-state index in [9.17, 15) is 0 Å². The minimum Gasteiger partial charge on any atom is -0.329 e. The van der Waals surface area contributed by atoms with Crippen LogP contribution in [0.4, 0.5) is 0 Å². The predicted molar refractivity (Wildman–Crippen MR) is 129 cm³/mol. The van der Waals surface area contributed by atoms with Crippen LogP contribution < -0.4 is 11.3 Å². The number of nitrogens with two attached hydrogens (primary N) is 1. The number of nitrogens with one attached hydrogen (secondary N) is 1. The summed E-state index contributed by atoms with van der Waals surface area (Å²) in [4.78, 5) is 6.14. The normalized spacial score (nSPS) is 11.4. The number of halogens is 1. The molecule has 3 N–H and O–H groups in total. The molecule has 31 heavy (non-hydrogen) atoms. The minimum absolute atomic E-state index is 0.666. The number of hydrogen-bond acceptors (Lipinski definition) is 5. The van der Waals surface area contributed by atoms with E-state index < -0.39 is 0 Å². The summed E-state index contributed by atoms with van der Waals surface area (Å²) in [5.74, 6) is 5.39. The molecular formula is C24H20ClN5S. The van der Waals surface area contributed by atoms with Gasteiger partial charge >= 0.3 is 0 Å². The largest absolute Gasteiger partial charge is 0.329 e. The summed E-state index contributed by atoms with van der Waals surface area (Å²) in [6.45, 7) is 3.60. The average Bonchev–Trinajstić information content (AvgIpc) is 3.23. The molecule has 0 spiro atoms. The number of rotatable bonds is 7. The van der Waals surface area contributed by atoms with Crippen molar-refractivity contribution >= 4 is 35.8 Å². The van der Waals surface area contributed by atoms with Gasteiger partial charge in [0.25, 0.3) is 0 Å². The predicted octanol–water partition coefficient (Wildman–Crippen LogP) is 5.81. The van der Waals surface area contributed by atoms with Crippen LogP contribution in [0.5, 0.6) is 0 Å². The molecule has 0 bridgehead atoms. The molecule has 154 valence electrons. The molecule has 0 saturated carbocycles. The van der Waals surface area contributed by atoms with Crippen molar-refractivity contribution in [1.29, 1.82) is 0 Å². The Kier molecular flexibility index (Phi) is 6.52. The third kappa shape index (κ3) is 4.88. The number of hydrogen-bond donors (Lipinski definition) is 2. The summed E-state index contributed by atoms with van der Waals surface area (Å²) in [6.07, 6.45) is 3.65. The number of nitrogens with zero attached hydrogens (tertiary/aromatic N) is 3. The summed E-state index contributed by atoms with van der Waals surface area (Å²) in [5, 5.41) is 5.60. The first kappa shape index (κ1) is 20.9. The van der Waals surface area contributed by atoms with Crippen molar-refractivity contribution in [3.63, 3.8) is 0 Å². The van der Waals surface area contributed by atoms with E-state index in [-0.39, 0.29) is 0 Å². The highest BCUT2D eigenvalue weighted by molar-refractivity contribution is 7.99. The zero-order valence-corrected chi connectivity index (χ0v) is 18.1. The van der Waals surface area contributed by atoms with Crippen molar-refractivity contribution in [3.8, 4) is 16.9 Å². The van der Waals surface area contributed by atoms with Gasteiger partial charge in [-0.3, -0.25) is 10.8 Å². The maximum Gasteiger partial charge on any atom is 0.107 e. The molecular weight excluding hydrogens is 426 g/mol. The van der Waals surface area contributed by atoms with Crippen LogP contribution in [0.1, 0.15) is 5.56 Å². The fraction of sp³-hybridized carbons (Fsp3) is 0. The standard InChI is InChI=1S/C24H20ClN5S/c1-27-22(15-28-26)17-7-9-18(10-8-17)24-23(31-21-13-11-19(25)12-14-21)16-30(29-24)20-5-3-2-4-6-20/h2-16,28H,1,26H2/b22-15-. The molecule has 1 heterocycles. The van der Waals surface area contributed by atoms with Gasteiger partial charge in [0, 0.05) is 33.4 Å². The number of aromatic nitrogens is 2. The van der Waals surface area contributed by atoms with E-state index in [1.807, 2.05) is 89.7 Å². The van der Waals surface area contributed by atoms with Crippen LogP contribution >= 0.6 is 23.4 Å². The maximum absolute atomic E-state index is 6.05. The zero-order valence-electron chi connectivity index (χ0n) is 16.6. The molecule has 0 amide bonds. The van der Waals surface area contributed by atoms with Crippen LogP contribution in [0.3, 0.4) is 0 Å². The quantitative estimate of drug-likeness (QED) is 0.214. The van der Waals surface area contributed by atoms with E-state index in [1.54, 1.807) is 18.0 Å². The summed E-state index contributed by atoms with van der Waals surface area (Å²) in [7, 11) is 0. The molecule has 0 fully saturated rings. The summed E-state index contributed by atoms with van der Waals surface area (Å²) >= 11 is 7.69. The van der Waals surface area contributed by atoms with Gasteiger partial charge in [-0.1, -0.05) is 65.8 Å². The lowest BCUT2D eigenvalue weighted by atomic mass is 10.1. The monoisotopic (exact) mass is 445 g/mol. The molecule has 1 aromatic heterocycles. The van der Waals surface area contributed by atoms with Crippen LogP contribution in [0.25, 0.3) is 22.6 Å². The van der Waals surface area contributed by atoms with Crippen LogP contribution in [-0.4, -0.2) is 16.5 Å². The Morgan fingerprint density at radius 1 is 1.03 bits per heavy atom. The van der Waals surface area contributed by atoms with Crippen molar-refractivity contribution in [3.05, 3.63) is 102 Å². The third-order valence-corrected chi connectivity index (χ3v) is 5.87. The van der Waals surface area contributed by atoms with E-state index in [2.05, 4.69) is 17.1 Å². The molecule has 7 heteroatoms. The highest BCUT2D eigenvalue weighted by Crippen LogP contribution is 2.36. The molecule has 0 aliphatic heterocycles. The average molecular weight is 446 g/mol. The van der Waals surface area contributed by atoms with Crippen molar-refractivity contribution in [2.75, 3.05) is 0 Å². The minimum atomic E-state index is 0.666. The SMILES string of the molecule is C=N/C(=C\NN)c1ccc(-c2nn(-c3ccccc3)cc2Sc2ccc(Cl)cc2)cc1. The Morgan fingerprint density at radius 3 is 2.39 bits per heavy atom. The Hall–Kier alpha value is -3.32. The first-order chi connectivity index (χ1) is 15.2. The van der Waals surface area contributed by atoms with E-state index >= 15 is 0 Å². The summed E-state index contributed by atoms with van der Waals surface area (Å²) in [6, 6.07) is 25.8. The lowest BCUT2D eigenvalue weighted by Crippen LogP contribution is -2.13. The summed E-state index contributed by atoms with van der Waals surface area (Å²) < 4.78 is 1.90. The van der Waals surface area contributed by atoms with Gasteiger partial charge in [0.15, 0.2) is 0 Å². The van der Waals surface area contributed by atoms with Crippen molar-refractivity contribution in [2.24, 2.45) is 10.8 Å². The topological polar surface area (TPSA) is 68.2 Å². The van der Waals surface area contributed by atoms with Gasteiger partial charge in [-0.05, 0) is 43.1 Å². The van der Waals surface area contributed by atoms with Gasteiger partial charge in [-0.25, -0.2) is 4.68 Å². The van der Waals surface area contributed by atoms with Gasteiger partial charge < -0.3 is 5.43 Å². The Balaban J connectivity index is 1.74. The van der Waals surface area contributed by atoms with Gasteiger partial charge in [0.2, 0.25) is 0 Å². The number of hydrazine groups is 1. The van der Waals surface area contributed by atoms with E-state index in [4.69, 9.17) is 22.5 Å². The molecule has 0 radical (unpaired) electrons. The molecule has 4 aromatic rings. The Morgan fingerprint density at radius 2 is 1.74 bits per heavy atom. The van der Waals surface area contributed by atoms with Crippen LogP contribution in [0.2, 0.25) is 5.02 Å². The first-order valence-corrected chi connectivity index (χ1v) is 10.7. The molecule has 0 atom stereocenters. The van der Waals surface area contributed by atoms with Gasteiger partial charge in [-0.15, -0.1) is 0 Å². The van der Waals surface area contributed by atoms with Gasteiger partial charge in [0.1, 0.15) is 5.69 Å². The van der Waals surface area contributed by atoms with Crippen molar-refractivity contribution in [2.45, 2.75) is 9.79 Å². The fourth-order valence-electron chi connectivity index (χ4n) is 3.07. The smallest absolute Gasteiger partial charge is 0.107 e. The molecule has 3 aromatic carbocycles. The molecule has 0 unspecified atom stereocenters. The summed E-state index contributed by atoms with van der Waals surface area (Å²) in [5.41, 5.74) is 6.97. The van der Waals surface area contributed by atoms with Crippen molar-refractivity contribution < 1.29 is 0 Å². The molecule has 0 aliphatic rings. The van der Waals surface area contributed by atoms with Crippen LogP contribution in [0, 0.1) is 0 Å². The maximum atomic E-state index is 6.05. The third-order valence-electron chi connectivity index (χ3n) is 4.59. The Bertz CT molecular complexity index is 1200. The molecule has 0 saturated heterocycles. The lowest BCUT2D eigenvalue weighted by Gasteiger charge is -2.06. The highest BCUT2D eigenvalue weighted by atomic mass is 35.5. The van der Waals surface area contributed by atoms with E-state index in [1.165, 1.54) is 0 Å². The Labute approximate surface area is 190 Å². The number of aliphatic imine (C=N–C) groups is 1. The lowest BCUT2D eigenvalue weighted by molar-refractivity contribution is 0.883. The van der Waals surface area contributed by atoms with Crippen molar-refractivity contribution in [1.82, 2.24) is 15.2 Å². The van der Waals surface area contributed by atoms with Crippen LogP contribution in [0.15, 0.2) is 106 Å². The highest BCUT2D eigenvalue weighted by Gasteiger charge is 2.14. The fourth-order valence-corrected chi connectivity index (χ4v) is 4.13. The van der Waals surface area contributed by atoms with E-state index in [0.717, 1.165) is 32.3 Å². The zero-order chi connectivity index (χ0) is 21.6. The van der Waals surface area contributed by atoms with Gasteiger partial charge in [-0.2, -0.15) is 5.10 Å². The van der Waals surface area contributed by atoms with Gasteiger partial charge in [0.05, 0.1) is 16.3 Å². The number of para-hydroxylation sites is 1. The molecule has 5 nitrogen and oxygen atoms in total. The second-order valence-electron chi connectivity index (χ2n) is 6.61.